The number of carbonyl (C=O) groups excluding carboxylic acids is 2. The number of nitrogens with zero attached hydrogens (tertiary/aromatic N) is 1. The van der Waals surface area contributed by atoms with Gasteiger partial charge < -0.3 is 14.4 Å². The van der Waals surface area contributed by atoms with E-state index in [4.69, 9.17) is 9.47 Å². The molecule has 1 saturated heterocycles. The van der Waals surface area contributed by atoms with Gasteiger partial charge in [-0.2, -0.15) is 0 Å². The Kier molecular flexibility index (Phi) is 8.76. The van der Waals surface area contributed by atoms with Crippen molar-refractivity contribution >= 4 is 21.9 Å². The Balaban J connectivity index is 1.60. The molecule has 2 fully saturated rings. The first kappa shape index (κ1) is 26.6. The highest BCUT2D eigenvalue weighted by atomic mass is 32.2. The van der Waals surface area contributed by atoms with Crippen LogP contribution in [0.4, 0.5) is 0 Å². The Hall–Kier alpha value is -1.97. The van der Waals surface area contributed by atoms with Gasteiger partial charge in [-0.15, -0.1) is 0 Å². The zero-order valence-electron chi connectivity index (χ0n) is 20.7. The molecule has 9 heteroatoms. The highest BCUT2D eigenvalue weighted by Gasteiger charge is 2.41. The van der Waals surface area contributed by atoms with Crippen LogP contribution in [-0.4, -0.2) is 68.9 Å². The summed E-state index contributed by atoms with van der Waals surface area (Å²) in [6.07, 6.45) is 5.42. The first-order chi connectivity index (χ1) is 15.9. The number of esters is 1. The normalized spacial score (nSPS) is 26.2. The second kappa shape index (κ2) is 11.2. The van der Waals surface area contributed by atoms with E-state index in [0.29, 0.717) is 31.4 Å². The lowest BCUT2D eigenvalue weighted by atomic mass is 9.79. The number of sulfonamides is 1. The molecule has 0 spiro atoms. The number of likely N-dealkylation sites (tertiary alicyclic amines) is 1. The van der Waals surface area contributed by atoms with Crippen molar-refractivity contribution in [1.29, 1.82) is 0 Å². The Labute approximate surface area is 203 Å². The molecule has 190 valence electrons. The number of benzene rings is 1. The molecule has 34 heavy (non-hydrogen) atoms. The average molecular weight is 495 g/mol. The summed E-state index contributed by atoms with van der Waals surface area (Å²) in [4.78, 5) is 26.1. The van der Waals surface area contributed by atoms with Gasteiger partial charge in [-0.1, -0.05) is 30.3 Å². The average Bonchev–Trinajstić information content (AvgIpc) is 2.77. The van der Waals surface area contributed by atoms with Gasteiger partial charge in [-0.05, 0) is 63.4 Å². The van der Waals surface area contributed by atoms with Gasteiger partial charge in [0.1, 0.15) is 0 Å². The second-order valence-corrected chi connectivity index (χ2v) is 11.9. The van der Waals surface area contributed by atoms with E-state index in [-0.39, 0.29) is 12.5 Å². The molecule has 0 aromatic heterocycles. The summed E-state index contributed by atoms with van der Waals surface area (Å²) >= 11 is 0. The van der Waals surface area contributed by atoms with Gasteiger partial charge in [0.25, 0.3) is 5.91 Å². The lowest BCUT2D eigenvalue weighted by Gasteiger charge is -2.41. The third kappa shape index (κ3) is 7.52. The van der Waals surface area contributed by atoms with Crippen molar-refractivity contribution in [2.24, 2.45) is 5.92 Å². The predicted octanol–water partition coefficient (Wildman–Crippen LogP) is 2.84. The van der Waals surface area contributed by atoms with Crippen LogP contribution in [0.5, 0.6) is 0 Å². The van der Waals surface area contributed by atoms with E-state index in [9.17, 15) is 18.0 Å². The fraction of sp³-hybridized carbons (Fsp3) is 0.680. The highest BCUT2D eigenvalue weighted by molar-refractivity contribution is 7.88. The van der Waals surface area contributed by atoms with Gasteiger partial charge in [-0.25, -0.2) is 13.1 Å². The monoisotopic (exact) mass is 494 g/mol. The SMILES string of the molecule is CC(=O)OC(C)(C)C(=O)N1CC[C@H](NS(C)(=O)=O)[C@H](OCC2CCC(c3ccccc3)CC2)C1. The minimum Gasteiger partial charge on any atom is -0.450 e. The van der Waals surface area contributed by atoms with Gasteiger partial charge >= 0.3 is 5.97 Å². The van der Waals surface area contributed by atoms with Crippen LogP contribution < -0.4 is 4.72 Å². The molecule has 3 rings (SSSR count). The van der Waals surface area contributed by atoms with Crippen molar-refractivity contribution < 1.29 is 27.5 Å². The number of nitrogens with one attached hydrogen (secondary N) is 1. The molecule has 0 radical (unpaired) electrons. The maximum Gasteiger partial charge on any atom is 0.303 e. The molecule has 1 saturated carbocycles. The van der Waals surface area contributed by atoms with Crippen molar-refractivity contribution in [2.45, 2.75) is 76.5 Å². The molecule has 1 aromatic carbocycles. The number of amides is 1. The van der Waals surface area contributed by atoms with Crippen molar-refractivity contribution in [2.75, 3.05) is 26.0 Å². The molecule has 1 heterocycles. The van der Waals surface area contributed by atoms with Gasteiger partial charge in [0, 0.05) is 26.6 Å². The number of hydrogen-bond donors (Lipinski definition) is 1. The third-order valence-corrected chi connectivity index (χ3v) is 7.52. The Morgan fingerprint density at radius 2 is 1.74 bits per heavy atom. The Bertz CT molecular complexity index is 941. The first-order valence-corrected chi connectivity index (χ1v) is 14.0. The van der Waals surface area contributed by atoms with Crippen LogP contribution in [0.15, 0.2) is 30.3 Å². The van der Waals surface area contributed by atoms with E-state index in [2.05, 4.69) is 29.0 Å². The van der Waals surface area contributed by atoms with Gasteiger partial charge in [0.15, 0.2) is 5.60 Å². The molecule has 1 aliphatic carbocycles. The van der Waals surface area contributed by atoms with Crippen molar-refractivity contribution in [1.82, 2.24) is 9.62 Å². The summed E-state index contributed by atoms with van der Waals surface area (Å²) in [5.74, 6) is 0.147. The minimum atomic E-state index is -3.42. The molecular formula is C25H38N2O6S. The van der Waals surface area contributed by atoms with Gasteiger partial charge in [0.2, 0.25) is 10.0 Å². The molecule has 2 atom stereocenters. The van der Waals surface area contributed by atoms with Gasteiger partial charge in [-0.3, -0.25) is 9.59 Å². The van der Waals surface area contributed by atoms with Crippen LogP contribution in [0.25, 0.3) is 0 Å². The topological polar surface area (TPSA) is 102 Å². The quantitative estimate of drug-likeness (QED) is 0.558. The van der Waals surface area contributed by atoms with E-state index in [1.807, 2.05) is 6.07 Å². The van der Waals surface area contributed by atoms with E-state index >= 15 is 0 Å². The fourth-order valence-electron chi connectivity index (χ4n) is 5.11. The maximum absolute atomic E-state index is 13.0. The van der Waals surface area contributed by atoms with Crippen LogP contribution in [-0.2, 0) is 29.1 Å². The van der Waals surface area contributed by atoms with Crippen molar-refractivity contribution in [3.63, 3.8) is 0 Å². The molecule has 8 nitrogen and oxygen atoms in total. The van der Waals surface area contributed by atoms with Gasteiger partial charge in [0.05, 0.1) is 18.4 Å². The van der Waals surface area contributed by atoms with Crippen LogP contribution in [0.3, 0.4) is 0 Å². The van der Waals surface area contributed by atoms with E-state index in [1.54, 1.807) is 18.7 Å². The zero-order valence-corrected chi connectivity index (χ0v) is 21.5. The highest BCUT2D eigenvalue weighted by Crippen LogP contribution is 2.36. The summed E-state index contributed by atoms with van der Waals surface area (Å²) in [5, 5.41) is 0. The summed E-state index contributed by atoms with van der Waals surface area (Å²) < 4.78 is 38.0. The van der Waals surface area contributed by atoms with Crippen LogP contribution in [0, 0.1) is 5.92 Å². The molecule has 1 aromatic rings. The van der Waals surface area contributed by atoms with Crippen LogP contribution in [0.1, 0.15) is 64.4 Å². The van der Waals surface area contributed by atoms with Crippen LogP contribution in [0.2, 0.25) is 0 Å². The number of piperidine rings is 1. The summed E-state index contributed by atoms with van der Waals surface area (Å²) in [7, 11) is -3.42. The molecule has 2 aliphatic rings. The number of ether oxygens (including phenoxy) is 2. The Morgan fingerprint density at radius 1 is 1.09 bits per heavy atom. The summed E-state index contributed by atoms with van der Waals surface area (Å²) in [6, 6.07) is 10.2. The second-order valence-electron chi connectivity index (χ2n) is 10.1. The number of rotatable bonds is 8. The first-order valence-electron chi connectivity index (χ1n) is 12.1. The minimum absolute atomic E-state index is 0.246. The zero-order chi connectivity index (χ0) is 24.9. The third-order valence-electron chi connectivity index (χ3n) is 6.79. The molecule has 1 aliphatic heterocycles. The maximum atomic E-state index is 13.0. The molecular weight excluding hydrogens is 456 g/mol. The van der Waals surface area contributed by atoms with E-state index in [0.717, 1.165) is 31.9 Å². The predicted molar refractivity (Wildman–Crippen MR) is 130 cm³/mol. The van der Waals surface area contributed by atoms with E-state index < -0.39 is 33.7 Å². The summed E-state index contributed by atoms with van der Waals surface area (Å²) in [6.45, 7) is 5.55. The Morgan fingerprint density at radius 3 is 2.32 bits per heavy atom. The molecule has 0 bridgehead atoms. The van der Waals surface area contributed by atoms with E-state index in [1.165, 1.54) is 12.5 Å². The number of hydrogen-bond acceptors (Lipinski definition) is 6. The van der Waals surface area contributed by atoms with Crippen molar-refractivity contribution in [3.05, 3.63) is 35.9 Å². The standard InChI is InChI=1S/C25H38N2O6S/c1-18(28)33-25(2,3)24(29)27-15-14-22(26-34(4,30)31)23(16-27)32-17-19-10-12-21(13-11-19)20-8-6-5-7-9-20/h5-9,19,21-23,26H,10-17H2,1-4H3/t19?,21?,22-,23+/m0/s1. The summed E-state index contributed by atoms with van der Waals surface area (Å²) in [5.41, 5.74) is 0.0969. The largest absolute Gasteiger partial charge is 0.450 e. The lowest BCUT2D eigenvalue weighted by Crippen LogP contribution is -2.59. The molecule has 0 unspecified atom stereocenters. The van der Waals surface area contributed by atoms with Crippen molar-refractivity contribution in [3.8, 4) is 0 Å². The van der Waals surface area contributed by atoms with Crippen LogP contribution >= 0.6 is 0 Å². The fourth-order valence-corrected chi connectivity index (χ4v) is 5.93. The lowest BCUT2D eigenvalue weighted by molar-refractivity contribution is -0.171. The number of carbonyl (C=O) groups is 2. The molecule has 1 amide bonds. The molecule has 1 N–H and O–H groups in total. The smallest absolute Gasteiger partial charge is 0.303 e.